The van der Waals surface area contributed by atoms with E-state index in [-0.39, 0.29) is 16.8 Å². The van der Waals surface area contributed by atoms with Crippen LogP contribution in [0.5, 0.6) is 17.2 Å². The van der Waals surface area contributed by atoms with Gasteiger partial charge >= 0.3 is 0 Å². The maximum Gasteiger partial charge on any atom is 0.223 e. The van der Waals surface area contributed by atoms with Crippen LogP contribution in [0.4, 0.5) is 0 Å². The van der Waals surface area contributed by atoms with Crippen LogP contribution < -0.4 is 25.0 Å². The largest absolute Gasteiger partial charge is 0.490 e. The zero-order valence-corrected chi connectivity index (χ0v) is 20.9. The average Bonchev–Trinajstić information content (AvgIpc) is 3.13. The molecule has 3 heterocycles. The van der Waals surface area contributed by atoms with Gasteiger partial charge in [0.2, 0.25) is 17.6 Å². The lowest BCUT2D eigenvalue weighted by Gasteiger charge is -2.42. The van der Waals surface area contributed by atoms with Gasteiger partial charge in [0.05, 0.1) is 30.8 Å². The molecule has 1 amide bonds. The molecule has 0 unspecified atom stereocenters. The number of benzene rings is 2. The van der Waals surface area contributed by atoms with Crippen molar-refractivity contribution < 1.29 is 43.5 Å². The van der Waals surface area contributed by atoms with Crippen molar-refractivity contribution in [1.29, 1.82) is 0 Å². The fourth-order valence-corrected chi connectivity index (χ4v) is 4.72. The molecule has 2 aromatic carbocycles. The smallest absolute Gasteiger partial charge is 0.223 e. The zero-order chi connectivity index (χ0) is 27.0. The standard InChI is InChI=1S/C27H29NO10/c1-13-22(15-4-7-18-20(10-15)35-9-3-8-34-18)24(31)17-6-5-16(11-19(17)36-13)37-27-23(28-14(2)30)26(33)25(32)21(12-29)38-27/h4-7,10-11,21,23,25-27,29,32-33H,3,8-9,12H2,1-2H3,(H,28,30)/t21-,23-,25-,26-,27+/m1/s1. The maximum absolute atomic E-state index is 13.5. The Labute approximate surface area is 217 Å². The van der Waals surface area contributed by atoms with Gasteiger partial charge in [-0.3, -0.25) is 9.59 Å². The van der Waals surface area contributed by atoms with Gasteiger partial charge in [0.25, 0.3) is 0 Å². The van der Waals surface area contributed by atoms with Crippen LogP contribution in [0.1, 0.15) is 19.1 Å². The first-order valence-corrected chi connectivity index (χ1v) is 12.3. The van der Waals surface area contributed by atoms with Crippen molar-refractivity contribution in [3.05, 3.63) is 52.4 Å². The lowest BCUT2D eigenvalue weighted by molar-refractivity contribution is -0.244. The molecule has 202 valence electrons. The van der Waals surface area contributed by atoms with Crippen LogP contribution in [0.2, 0.25) is 0 Å². The fraction of sp³-hybridized carbons (Fsp3) is 0.407. The summed E-state index contributed by atoms with van der Waals surface area (Å²) < 4.78 is 29.0. The SMILES string of the molecule is CC(=O)N[C@H]1[C@@H](Oc2ccc3c(=O)c(-c4ccc5c(c4)OCCCO5)c(C)oc3c2)O[C@H](CO)[C@@H](O)[C@@H]1O. The number of hydrogen-bond acceptors (Lipinski definition) is 10. The summed E-state index contributed by atoms with van der Waals surface area (Å²) in [6.07, 6.45) is -4.48. The molecule has 2 aliphatic rings. The number of ether oxygens (including phenoxy) is 4. The van der Waals surface area contributed by atoms with Crippen LogP contribution in [0.25, 0.3) is 22.1 Å². The molecule has 11 heteroatoms. The molecule has 0 spiro atoms. The molecule has 11 nitrogen and oxygen atoms in total. The minimum absolute atomic E-state index is 0.226. The molecule has 1 aromatic heterocycles. The summed E-state index contributed by atoms with van der Waals surface area (Å²) in [6.45, 7) is 3.45. The van der Waals surface area contributed by atoms with Gasteiger partial charge in [-0.05, 0) is 36.8 Å². The van der Waals surface area contributed by atoms with Gasteiger partial charge < -0.3 is 44.0 Å². The summed E-state index contributed by atoms with van der Waals surface area (Å²) in [5, 5.41) is 33.1. The van der Waals surface area contributed by atoms with Gasteiger partial charge in [-0.1, -0.05) is 6.07 Å². The monoisotopic (exact) mass is 527 g/mol. The number of hydrogen-bond donors (Lipinski definition) is 4. The van der Waals surface area contributed by atoms with Crippen molar-refractivity contribution >= 4 is 16.9 Å². The lowest BCUT2D eigenvalue weighted by Crippen LogP contribution is -2.65. The van der Waals surface area contributed by atoms with E-state index in [2.05, 4.69) is 5.32 Å². The van der Waals surface area contributed by atoms with Crippen molar-refractivity contribution in [1.82, 2.24) is 5.32 Å². The van der Waals surface area contributed by atoms with Gasteiger partial charge in [-0.25, -0.2) is 0 Å². The fourth-order valence-electron chi connectivity index (χ4n) is 4.72. The van der Waals surface area contributed by atoms with E-state index in [1.165, 1.54) is 19.1 Å². The first kappa shape index (κ1) is 26.0. The van der Waals surface area contributed by atoms with Crippen LogP contribution in [0, 0.1) is 6.92 Å². The second kappa shape index (κ2) is 10.6. The highest BCUT2D eigenvalue weighted by atomic mass is 16.7. The molecule has 1 fully saturated rings. The van der Waals surface area contributed by atoms with Crippen molar-refractivity contribution in [2.75, 3.05) is 19.8 Å². The third-order valence-electron chi connectivity index (χ3n) is 6.58. The zero-order valence-electron chi connectivity index (χ0n) is 20.9. The highest BCUT2D eigenvalue weighted by Crippen LogP contribution is 2.35. The third kappa shape index (κ3) is 4.93. The number of carbonyl (C=O) groups excluding carboxylic acids is 1. The quantitative estimate of drug-likeness (QED) is 0.381. The van der Waals surface area contributed by atoms with Crippen molar-refractivity contribution in [3.63, 3.8) is 0 Å². The predicted octanol–water partition coefficient (Wildman–Crippen LogP) is 1.25. The molecule has 1 saturated heterocycles. The summed E-state index contributed by atoms with van der Waals surface area (Å²) >= 11 is 0. The molecule has 0 saturated carbocycles. The molecule has 3 aromatic rings. The van der Waals surface area contributed by atoms with Gasteiger partial charge in [-0.15, -0.1) is 0 Å². The Balaban J connectivity index is 1.47. The van der Waals surface area contributed by atoms with Crippen molar-refractivity contribution in [2.45, 2.75) is 50.9 Å². The molecule has 38 heavy (non-hydrogen) atoms. The van der Waals surface area contributed by atoms with E-state index in [0.29, 0.717) is 47.0 Å². The number of fused-ring (bicyclic) bond motifs is 2. The minimum Gasteiger partial charge on any atom is -0.490 e. The minimum atomic E-state index is -1.45. The first-order valence-electron chi connectivity index (χ1n) is 12.3. The van der Waals surface area contributed by atoms with E-state index in [1.54, 1.807) is 31.2 Å². The second-order valence-corrected chi connectivity index (χ2v) is 9.28. The first-order chi connectivity index (χ1) is 18.3. The van der Waals surface area contributed by atoms with Crippen LogP contribution >= 0.6 is 0 Å². The second-order valence-electron chi connectivity index (χ2n) is 9.28. The highest BCUT2D eigenvalue weighted by molar-refractivity contribution is 5.84. The Morgan fingerprint density at radius 3 is 2.58 bits per heavy atom. The topological polar surface area (TPSA) is 157 Å². The number of rotatable bonds is 5. The molecule has 5 rings (SSSR count). The predicted molar refractivity (Wildman–Crippen MR) is 134 cm³/mol. The summed E-state index contributed by atoms with van der Waals surface area (Å²) in [7, 11) is 0. The molecule has 0 bridgehead atoms. The van der Waals surface area contributed by atoms with Crippen LogP contribution in [-0.2, 0) is 9.53 Å². The number of amides is 1. The summed E-state index contributed by atoms with van der Waals surface area (Å²) in [5.74, 6) is 1.34. The van der Waals surface area contributed by atoms with E-state index < -0.39 is 43.2 Å². The Bertz CT molecular complexity index is 1400. The Morgan fingerprint density at radius 2 is 1.84 bits per heavy atom. The summed E-state index contributed by atoms with van der Waals surface area (Å²) in [6, 6.07) is 8.80. The summed E-state index contributed by atoms with van der Waals surface area (Å²) in [5.41, 5.74) is 1.05. The van der Waals surface area contributed by atoms with Crippen molar-refractivity contribution in [3.8, 4) is 28.4 Å². The number of aliphatic hydroxyl groups is 3. The van der Waals surface area contributed by atoms with Crippen LogP contribution in [0.15, 0.2) is 45.6 Å². The van der Waals surface area contributed by atoms with E-state index in [1.807, 2.05) is 0 Å². The van der Waals surface area contributed by atoms with Gasteiger partial charge in [0.1, 0.15) is 41.4 Å². The van der Waals surface area contributed by atoms with E-state index in [9.17, 15) is 24.9 Å². The number of nitrogens with one attached hydrogen (secondary N) is 1. The summed E-state index contributed by atoms with van der Waals surface area (Å²) in [4.78, 5) is 25.2. The molecule has 2 aliphatic heterocycles. The van der Waals surface area contributed by atoms with Crippen LogP contribution in [-0.4, -0.2) is 71.7 Å². The number of aryl methyl sites for hydroxylation is 1. The number of carbonyl (C=O) groups is 1. The van der Waals surface area contributed by atoms with Gasteiger partial charge in [0, 0.05) is 19.4 Å². The Morgan fingerprint density at radius 1 is 1.08 bits per heavy atom. The normalized spacial score (nSPS) is 25.0. The molecule has 0 aliphatic carbocycles. The van der Waals surface area contributed by atoms with Crippen molar-refractivity contribution in [2.24, 2.45) is 0 Å². The molecular weight excluding hydrogens is 498 g/mol. The van der Waals surface area contributed by atoms with Gasteiger partial charge in [-0.2, -0.15) is 0 Å². The Hall–Kier alpha value is -3.64. The third-order valence-corrected chi connectivity index (χ3v) is 6.58. The van der Waals surface area contributed by atoms with Gasteiger partial charge in [0.15, 0.2) is 11.5 Å². The highest BCUT2D eigenvalue weighted by Gasteiger charge is 2.46. The molecule has 0 radical (unpaired) electrons. The molecular formula is C27H29NO10. The Kier molecular flexibility index (Phi) is 7.26. The van der Waals surface area contributed by atoms with E-state index in [0.717, 1.165) is 6.42 Å². The number of aliphatic hydroxyl groups excluding tert-OH is 3. The molecule has 4 N–H and O–H groups in total. The average molecular weight is 528 g/mol. The van der Waals surface area contributed by atoms with Crippen LogP contribution in [0.3, 0.4) is 0 Å². The molecule has 5 atom stereocenters. The van der Waals surface area contributed by atoms with E-state index in [4.69, 9.17) is 23.4 Å². The van der Waals surface area contributed by atoms with E-state index >= 15 is 0 Å². The lowest BCUT2D eigenvalue weighted by atomic mass is 9.97. The maximum atomic E-state index is 13.5.